The molecule has 9 aromatic carbocycles. The summed E-state index contributed by atoms with van der Waals surface area (Å²) in [6.07, 6.45) is 0. The average molecular weight is 796 g/mol. The van der Waals surface area contributed by atoms with E-state index in [9.17, 15) is 0 Å². The average Bonchev–Trinajstić information content (AvgIpc) is 4.00. The minimum atomic E-state index is -0.520. The van der Waals surface area contributed by atoms with Crippen molar-refractivity contribution in [2.45, 2.75) is 17.8 Å². The number of benzene rings is 9. The van der Waals surface area contributed by atoms with E-state index in [1.54, 1.807) is 11.3 Å². The Labute approximate surface area is 361 Å². The van der Waals surface area contributed by atoms with Crippen LogP contribution in [0.2, 0.25) is 0 Å². The predicted octanol–water partition coefficient (Wildman–Crippen LogP) is 15.4. The molecule has 0 N–H and O–H groups in total. The van der Waals surface area contributed by atoms with Crippen LogP contribution in [-0.4, -0.2) is 0 Å². The van der Waals surface area contributed by atoms with Crippen molar-refractivity contribution < 1.29 is 0 Å². The number of rotatable bonds is 7. The van der Waals surface area contributed by atoms with Gasteiger partial charge in [0.1, 0.15) is 0 Å². The Bertz CT molecular complexity index is 3230. The van der Waals surface area contributed by atoms with Crippen molar-refractivity contribution in [3.8, 4) is 22.3 Å². The molecule has 288 valence electrons. The van der Waals surface area contributed by atoms with Crippen LogP contribution in [0.4, 0.5) is 17.1 Å². The van der Waals surface area contributed by atoms with E-state index in [1.807, 2.05) is 0 Å². The highest BCUT2D eigenvalue weighted by atomic mass is 32.1. The van der Waals surface area contributed by atoms with Gasteiger partial charge in [-0.15, -0.1) is 11.3 Å². The number of nitrogens with zero attached hydrogens (tertiary/aromatic N) is 1. The maximum absolute atomic E-state index is 2.50. The fourth-order valence-corrected chi connectivity index (χ4v) is 11.6. The zero-order chi connectivity index (χ0) is 40.5. The van der Waals surface area contributed by atoms with E-state index < -0.39 is 10.8 Å². The molecule has 10 aromatic rings. The molecule has 0 aliphatic heterocycles. The normalized spacial score (nSPS) is 15.5. The minimum Gasteiger partial charge on any atom is -0.310 e. The number of anilines is 3. The van der Waals surface area contributed by atoms with Gasteiger partial charge in [-0.3, -0.25) is 0 Å². The fraction of sp³-hybridized carbons (Fsp3) is 0.0508. The third-order valence-corrected chi connectivity index (χ3v) is 14.2. The maximum atomic E-state index is 2.50. The Morgan fingerprint density at radius 1 is 0.344 bits per heavy atom. The largest absolute Gasteiger partial charge is 0.310 e. The molecule has 1 aromatic heterocycles. The SMILES string of the molecule is Cc1cccc(C2(c3ccccc3)c3ccccc3-c3ccc(N(c4ccc5c(c4)C(c4ccccc4)(c4ccccc4)c4ccccc4-5)c4ccc5sccc5c4)cc32)c1. The summed E-state index contributed by atoms with van der Waals surface area (Å²) >= 11 is 1.79. The van der Waals surface area contributed by atoms with E-state index in [0.29, 0.717) is 0 Å². The lowest BCUT2D eigenvalue weighted by molar-refractivity contribution is 0.766. The number of fused-ring (bicyclic) bond motifs is 7. The Balaban J connectivity index is 1.15. The summed E-state index contributed by atoms with van der Waals surface area (Å²) in [5.41, 5.74) is 19.0. The van der Waals surface area contributed by atoms with Crippen LogP contribution in [0.15, 0.2) is 230 Å². The molecule has 1 nitrogen and oxygen atoms in total. The van der Waals surface area contributed by atoms with Gasteiger partial charge in [-0.1, -0.05) is 181 Å². The van der Waals surface area contributed by atoms with Gasteiger partial charge in [-0.25, -0.2) is 0 Å². The van der Waals surface area contributed by atoms with Crippen LogP contribution >= 0.6 is 11.3 Å². The molecule has 0 bridgehead atoms. The van der Waals surface area contributed by atoms with Gasteiger partial charge in [0, 0.05) is 21.8 Å². The highest BCUT2D eigenvalue weighted by Gasteiger charge is 2.48. The minimum absolute atomic E-state index is 0.513. The summed E-state index contributed by atoms with van der Waals surface area (Å²) in [6, 6.07) is 84.1. The number of thiophene rings is 1. The van der Waals surface area contributed by atoms with Gasteiger partial charge < -0.3 is 4.90 Å². The summed E-state index contributed by atoms with van der Waals surface area (Å²) in [5, 5.41) is 3.44. The lowest BCUT2D eigenvalue weighted by Crippen LogP contribution is -2.29. The van der Waals surface area contributed by atoms with Gasteiger partial charge in [0.05, 0.1) is 10.8 Å². The highest BCUT2D eigenvalue weighted by Crippen LogP contribution is 2.59. The molecule has 0 saturated carbocycles. The Morgan fingerprint density at radius 3 is 1.33 bits per heavy atom. The molecule has 0 radical (unpaired) electrons. The van der Waals surface area contributed by atoms with E-state index >= 15 is 0 Å². The van der Waals surface area contributed by atoms with Gasteiger partial charge in [-0.05, 0) is 133 Å². The number of hydrogen-bond donors (Lipinski definition) is 0. The summed E-state index contributed by atoms with van der Waals surface area (Å²) in [7, 11) is 0. The van der Waals surface area contributed by atoms with E-state index in [0.717, 1.165) is 17.1 Å². The van der Waals surface area contributed by atoms with Crippen molar-refractivity contribution in [1.82, 2.24) is 0 Å². The Hall–Kier alpha value is -7.26. The third kappa shape index (κ3) is 5.19. The molecule has 2 aliphatic carbocycles. The van der Waals surface area contributed by atoms with Crippen molar-refractivity contribution in [2.75, 3.05) is 4.90 Å². The van der Waals surface area contributed by atoms with Gasteiger partial charge in [0.15, 0.2) is 0 Å². The summed E-state index contributed by atoms with van der Waals surface area (Å²) in [4.78, 5) is 2.50. The molecule has 0 spiro atoms. The zero-order valence-corrected chi connectivity index (χ0v) is 34.6. The second kappa shape index (κ2) is 13.9. The topological polar surface area (TPSA) is 3.24 Å². The number of hydrogen-bond acceptors (Lipinski definition) is 2. The monoisotopic (exact) mass is 795 g/mol. The molecule has 2 heteroatoms. The molecular weight excluding hydrogens is 755 g/mol. The Morgan fingerprint density at radius 2 is 0.787 bits per heavy atom. The first kappa shape index (κ1) is 35.7. The standard InChI is InChI=1S/C59H41NS/c1-40-16-15-23-45(36-40)59(44-21-9-4-10-22-44)54-27-14-12-25-50(54)52-32-29-48(39-56(52)59)60(46-30-33-57-41(37-46)34-35-61-57)47-28-31-51-49-24-11-13-26-53(49)58(55(51)38-47,42-17-5-2-6-18-42)43-19-7-3-8-20-43/h2-39H,1H3. The van der Waals surface area contributed by atoms with Crippen molar-refractivity contribution in [3.63, 3.8) is 0 Å². The summed E-state index contributed by atoms with van der Waals surface area (Å²) in [5.74, 6) is 0. The van der Waals surface area contributed by atoms with Crippen LogP contribution in [-0.2, 0) is 10.8 Å². The molecule has 0 fully saturated rings. The van der Waals surface area contributed by atoms with Crippen LogP contribution in [0.3, 0.4) is 0 Å². The second-order valence-corrected chi connectivity index (χ2v) is 17.4. The van der Waals surface area contributed by atoms with E-state index in [2.05, 4.69) is 242 Å². The van der Waals surface area contributed by atoms with Crippen LogP contribution in [0.1, 0.15) is 50.1 Å². The first-order valence-electron chi connectivity index (χ1n) is 21.2. The molecule has 12 rings (SSSR count). The van der Waals surface area contributed by atoms with Gasteiger partial charge in [0.2, 0.25) is 0 Å². The van der Waals surface area contributed by atoms with Crippen LogP contribution in [0.5, 0.6) is 0 Å². The van der Waals surface area contributed by atoms with Crippen LogP contribution in [0, 0.1) is 6.92 Å². The molecule has 1 unspecified atom stereocenters. The quantitative estimate of drug-likeness (QED) is 0.155. The molecule has 61 heavy (non-hydrogen) atoms. The number of aryl methyl sites for hydroxylation is 1. The molecule has 1 atom stereocenters. The predicted molar refractivity (Wildman–Crippen MR) is 256 cm³/mol. The van der Waals surface area contributed by atoms with Gasteiger partial charge >= 0.3 is 0 Å². The summed E-state index contributed by atoms with van der Waals surface area (Å²) < 4.78 is 1.28. The second-order valence-electron chi connectivity index (χ2n) is 16.5. The van der Waals surface area contributed by atoms with Gasteiger partial charge in [0.25, 0.3) is 0 Å². The molecule has 2 aliphatic rings. The first-order chi connectivity index (χ1) is 30.2. The lowest BCUT2D eigenvalue weighted by atomic mass is 9.67. The van der Waals surface area contributed by atoms with Crippen LogP contribution < -0.4 is 4.90 Å². The van der Waals surface area contributed by atoms with E-state index in [4.69, 9.17) is 0 Å². The van der Waals surface area contributed by atoms with Crippen molar-refractivity contribution in [3.05, 3.63) is 280 Å². The van der Waals surface area contributed by atoms with Crippen LogP contribution in [0.25, 0.3) is 32.3 Å². The van der Waals surface area contributed by atoms with Crippen molar-refractivity contribution in [1.29, 1.82) is 0 Å². The molecule has 1 heterocycles. The van der Waals surface area contributed by atoms with Crippen molar-refractivity contribution >= 4 is 38.5 Å². The highest BCUT2D eigenvalue weighted by molar-refractivity contribution is 7.17. The Kier molecular flexibility index (Phi) is 8.13. The fourth-order valence-electron chi connectivity index (χ4n) is 10.9. The lowest BCUT2D eigenvalue weighted by Gasteiger charge is -2.36. The zero-order valence-electron chi connectivity index (χ0n) is 33.8. The van der Waals surface area contributed by atoms with Gasteiger partial charge in [-0.2, -0.15) is 0 Å². The summed E-state index contributed by atoms with van der Waals surface area (Å²) in [6.45, 7) is 2.21. The van der Waals surface area contributed by atoms with E-state index in [1.165, 1.54) is 82.4 Å². The smallest absolute Gasteiger partial charge is 0.0714 e. The van der Waals surface area contributed by atoms with E-state index in [-0.39, 0.29) is 0 Å². The molecular formula is C59H41NS. The molecule has 0 saturated heterocycles. The third-order valence-electron chi connectivity index (χ3n) is 13.3. The maximum Gasteiger partial charge on any atom is 0.0714 e. The first-order valence-corrected chi connectivity index (χ1v) is 22.0. The molecule has 0 amide bonds. The van der Waals surface area contributed by atoms with Crippen molar-refractivity contribution in [2.24, 2.45) is 0 Å².